The Morgan fingerprint density at radius 1 is 1.30 bits per heavy atom. The lowest BCUT2D eigenvalue weighted by Crippen LogP contribution is -2.53. The molecule has 1 aromatic rings. The lowest BCUT2D eigenvalue weighted by Gasteiger charge is -2.38. The normalized spacial score (nSPS) is 26.4. The van der Waals surface area contributed by atoms with Crippen molar-refractivity contribution in [3.63, 3.8) is 0 Å². The first-order valence-electron chi connectivity index (χ1n) is 6.90. The molecule has 3 rings (SSSR count). The van der Waals surface area contributed by atoms with E-state index in [0.717, 1.165) is 13.1 Å². The molecule has 2 aliphatic rings. The number of methoxy groups -OCH3 is 1. The topological polar surface area (TPSA) is 49.9 Å². The molecule has 0 aliphatic carbocycles. The average Bonchev–Trinajstić information content (AvgIpc) is 2.92. The van der Waals surface area contributed by atoms with Crippen LogP contribution in [0.4, 0.5) is 0 Å². The number of benzene rings is 1. The molecule has 2 aliphatic heterocycles. The van der Waals surface area contributed by atoms with Crippen molar-refractivity contribution in [1.29, 1.82) is 0 Å². The van der Waals surface area contributed by atoms with E-state index in [1.807, 2.05) is 23.2 Å². The fourth-order valence-corrected chi connectivity index (χ4v) is 3.13. The molecule has 5 nitrogen and oxygen atoms in total. The van der Waals surface area contributed by atoms with E-state index in [0.29, 0.717) is 12.8 Å². The van der Waals surface area contributed by atoms with Crippen LogP contribution in [-0.2, 0) is 14.3 Å². The van der Waals surface area contributed by atoms with Gasteiger partial charge in [0, 0.05) is 25.4 Å². The molecule has 20 heavy (non-hydrogen) atoms. The fourth-order valence-electron chi connectivity index (χ4n) is 3.13. The highest BCUT2D eigenvalue weighted by molar-refractivity contribution is 5.85. The van der Waals surface area contributed by atoms with Crippen LogP contribution in [0.2, 0.25) is 0 Å². The van der Waals surface area contributed by atoms with Gasteiger partial charge in [0.25, 0.3) is 0 Å². The molecule has 2 atom stereocenters. The van der Waals surface area contributed by atoms with E-state index < -0.39 is 6.04 Å². The van der Waals surface area contributed by atoms with Crippen molar-refractivity contribution in [2.45, 2.75) is 24.8 Å². The van der Waals surface area contributed by atoms with Crippen molar-refractivity contribution < 1.29 is 14.3 Å². The molecule has 2 saturated heterocycles. The third-order valence-electron chi connectivity index (χ3n) is 4.11. The molecule has 0 saturated carbocycles. The van der Waals surface area contributed by atoms with E-state index in [-0.39, 0.29) is 17.8 Å². The second kappa shape index (κ2) is 5.25. The highest BCUT2D eigenvalue weighted by atomic mass is 16.5. The second-order valence-electron chi connectivity index (χ2n) is 5.29. The summed E-state index contributed by atoms with van der Waals surface area (Å²) < 4.78 is 4.78. The molecule has 0 N–H and O–H groups in total. The number of nitrogens with zero attached hydrogens (tertiary/aromatic N) is 2. The summed E-state index contributed by atoms with van der Waals surface area (Å²) >= 11 is 0. The summed E-state index contributed by atoms with van der Waals surface area (Å²) in [4.78, 5) is 24.1. The Bertz CT molecular complexity index is 517. The quantitative estimate of drug-likeness (QED) is 0.760. The van der Waals surface area contributed by atoms with Gasteiger partial charge in [-0.3, -0.25) is 9.80 Å². The third-order valence-corrected chi connectivity index (χ3v) is 4.11. The van der Waals surface area contributed by atoms with E-state index in [1.54, 1.807) is 5.01 Å². The van der Waals surface area contributed by atoms with E-state index in [4.69, 9.17) is 4.74 Å². The van der Waals surface area contributed by atoms with Gasteiger partial charge in [-0.05, 0) is 12.0 Å². The number of hydrazine groups is 1. The van der Waals surface area contributed by atoms with Gasteiger partial charge in [0.2, 0.25) is 5.91 Å². The van der Waals surface area contributed by atoms with Gasteiger partial charge >= 0.3 is 5.97 Å². The lowest BCUT2D eigenvalue weighted by molar-refractivity contribution is -0.166. The number of rotatable bonds is 2. The van der Waals surface area contributed by atoms with Crippen molar-refractivity contribution in [3.05, 3.63) is 35.9 Å². The molecule has 0 bridgehead atoms. The number of ether oxygens (including phenoxy) is 1. The maximum Gasteiger partial charge on any atom is 0.330 e. The van der Waals surface area contributed by atoms with Crippen LogP contribution in [0.25, 0.3) is 0 Å². The van der Waals surface area contributed by atoms with Gasteiger partial charge in [0.1, 0.15) is 6.04 Å². The summed E-state index contributed by atoms with van der Waals surface area (Å²) in [5.41, 5.74) is 1.18. The molecule has 1 unspecified atom stereocenters. The smallest absolute Gasteiger partial charge is 0.330 e. The SMILES string of the molecule is COC(=O)[C@@H]1CCN2CC(c3ccccc3)CC(=O)N12. The summed E-state index contributed by atoms with van der Waals surface area (Å²) in [6.07, 6.45) is 1.11. The molecule has 5 heteroatoms. The van der Waals surface area contributed by atoms with Gasteiger partial charge in [0.05, 0.1) is 7.11 Å². The van der Waals surface area contributed by atoms with Crippen molar-refractivity contribution in [3.8, 4) is 0 Å². The Kier molecular flexibility index (Phi) is 3.44. The van der Waals surface area contributed by atoms with Gasteiger partial charge in [-0.2, -0.15) is 0 Å². The summed E-state index contributed by atoms with van der Waals surface area (Å²) in [6.45, 7) is 1.51. The Labute approximate surface area is 118 Å². The maximum atomic E-state index is 12.4. The Morgan fingerprint density at radius 3 is 2.75 bits per heavy atom. The Balaban J connectivity index is 1.78. The molecule has 1 amide bonds. The minimum Gasteiger partial charge on any atom is -0.467 e. The van der Waals surface area contributed by atoms with Gasteiger partial charge in [0.15, 0.2) is 0 Å². The second-order valence-corrected chi connectivity index (χ2v) is 5.29. The van der Waals surface area contributed by atoms with Crippen LogP contribution in [0.3, 0.4) is 0 Å². The van der Waals surface area contributed by atoms with Crippen LogP contribution in [0.15, 0.2) is 30.3 Å². The average molecular weight is 274 g/mol. The van der Waals surface area contributed by atoms with Gasteiger partial charge in [-0.1, -0.05) is 30.3 Å². The van der Waals surface area contributed by atoms with Crippen LogP contribution in [-0.4, -0.2) is 48.1 Å². The number of hydrogen-bond donors (Lipinski definition) is 0. The summed E-state index contributed by atoms with van der Waals surface area (Å²) in [6, 6.07) is 9.64. The Morgan fingerprint density at radius 2 is 2.05 bits per heavy atom. The van der Waals surface area contributed by atoms with E-state index in [2.05, 4.69) is 12.1 Å². The van der Waals surface area contributed by atoms with Crippen LogP contribution in [0.1, 0.15) is 24.3 Å². The molecule has 0 radical (unpaired) electrons. The van der Waals surface area contributed by atoms with Crippen molar-refractivity contribution >= 4 is 11.9 Å². The molecule has 1 aromatic carbocycles. The molecular formula is C15H18N2O3. The van der Waals surface area contributed by atoms with Crippen LogP contribution in [0.5, 0.6) is 0 Å². The highest BCUT2D eigenvalue weighted by Crippen LogP contribution is 2.32. The zero-order chi connectivity index (χ0) is 14.1. The van der Waals surface area contributed by atoms with E-state index in [1.165, 1.54) is 12.7 Å². The number of amides is 1. The van der Waals surface area contributed by atoms with Crippen LogP contribution >= 0.6 is 0 Å². The fraction of sp³-hybridized carbons (Fsp3) is 0.467. The molecule has 0 aromatic heterocycles. The van der Waals surface area contributed by atoms with Gasteiger partial charge in [-0.25, -0.2) is 9.80 Å². The summed E-state index contributed by atoms with van der Waals surface area (Å²) in [7, 11) is 1.37. The largest absolute Gasteiger partial charge is 0.467 e. The first kappa shape index (κ1) is 13.1. The lowest BCUT2D eigenvalue weighted by atomic mass is 9.93. The third kappa shape index (κ3) is 2.18. The van der Waals surface area contributed by atoms with Crippen molar-refractivity contribution in [1.82, 2.24) is 10.0 Å². The van der Waals surface area contributed by atoms with E-state index >= 15 is 0 Å². The van der Waals surface area contributed by atoms with E-state index in [9.17, 15) is 9.59 Å². The number of esters is 1. The van der Waals surface area contributed by atoms with Gasteiger partial charge in [-0.15, -0.1) is 0 Å². The van der Waals surface area contributed by atoms with Crippen molar-refractivity contribution in [2.24, 2.45) is 0 Å². The standard InChI is InChI=1S/C15H18N2O3/c1-20-15(19)13-7-8-16-10-12(9-14(18)17(13)16)11-5-3-2-4-6-11/h2-6,12-13H,7-10H2,1H3/t12?,13-/m0/s1. The van der Waals surface area contributed by atoms with Gasteiger partial charge < -0.3 is 4.74 Å². The molecule has 2 fully saturated rings. The van der Waals surface area contributed by atoms with Crippen molar-refractivity contribution in [2.75, 3.05) is 20.2 Å². The highest BCUT2D eigenvalue weighted by Gasteiger charge is 2.44. The predicted octanol–water partition coefficient (Wildman–Crippen LogP) is 1.16. The molecule has 106 valence electrons. The summed E-state index contributed by atoms with van der Waals surface area (Å²) in [5.74, 6) is -0.103. The molecule has 2 heterocycles. The zero-order valence-corrected chi connectivity index (χ0v) is 11.5. The van der Waals surface area contributed by atoms with Crippen LogP contribution < -0.4 is 0 Å². The molecular weight excluding hydrogens is 256 g/mol. The number of hydrogen-bond acceptors (Lipinski definition) is 4. The number of fused-ring (bicyclic) bond motifs is 1. The number of carbonyl (C=O) groups excluding carboxylic acids is 2. The first-order valence-corrected chi connectivity index (χ1v) is 6.90. The Hall–Kier alpha value is -1.88. The van der Waals surface area contributed by atoms with Crippen LogP contribution in [0, 0.1) is 0 Å². The zero-order valence-electron chi connectivity index (χ0n) is 11.5. The maximum absolute atomic E-state index is 12.4. The first-order chi connectivity index (χ1) is 9.70. The minimum atomic E-state index is -0.441. The molecule has 0 spiro atoms. The minimum absolute atomic E-state index is 0.0120. The predicted molar refractivity (Wildman–Crippen MR) is 72.6 cm³/mol. The summed E-state index contributed by atoms with van der Waals surface area (Å²) in [5, 5.41) is 3.59. The number of carbonyl (C=O) groups is 2. The monoisotopic (exact) mass is 274 g/mol.